The van der Waals surface area contributed by atoms with Crippen LogP contribution in [0.25, 0.3) is 0 Å². The Balaban J connectivity index is 2.90. The minimum atomic E-state index is 0.524. The molecule has 0 amide bonds. The second-order valence-electron chi connectivity index (χ2n) is 3.07. The van der Waals surface area contributed by atoms with Crippen LogP contribution in [0.2, 0.25) is 0 Å². The number of halogens is 1. The van der Waals surface area contributed by atoms with E-state index in [4.69, 9.17) is 5.26 Å². The summed E-state index contributed by atoms with van der Waals surface area (Å²) in [6.07, 6.45) is 2.61. The van der Waals surface area contributed by atoms with Gasteiger partial charge in [0, 0.05) is 10.7 Å². The highest BCUT2D eigenvalue weighted by Gasteiger charge is 2.05. The standard InChI is InChI=1S/C12H12BrN3/c1-3-7-15-9(2)16-12-6-4-5-11(13)10(12)8-14/h4-7,16H,2-3H2,1H3. The minimum Gasteiger partial charge on any atom is -0.340 e. The van der Waals surface area contributed by atoms with Crippen LogP contribution in [0.15, 0.2) is 40.1 Å². The SMILES string of the molecule is C=C(N=CCC)Nc1cccc(Br)c1C#N. The van der Waals surface area contributed by atoms with Gasteiger partial charge in [0.25, 0.3) is 0 Å². The van der Waals surface area contributed by atoms with Gasteiger partial charge in [-0.15, -0.1) is 0 Å². The molecular weight excluding hydrogens is 266 g/mol. The van der Waals surface area contributed by atoms with Crippen LogP contribution >= 0.6 is 15.9 Å². The number of aliphatic imine (C=N–C) groups is 1. The summed E-state index contributed by atoms with van der Waals surface area (Å²) in [7, 11) is 0. The summed E-state index contributed by atoms with van der Waals surface area (Å²) >= 11 is 3.32. The van der Waals surface area contributed by atoms with Crippen LogP contribution < -0.4 is 5.32 Å². The van der Waals surface area contributed by atoms with Gasteiger partial charge in [0.2, 0.25) is 0 Å². The van der Waals surface area contributed by atoms with Gasteiger partial charge < -0.3 is 5.32 Å². The smallest absolute Gasteiger partial charge is 0.122 e. The van der Waals surface area contributed by atoms with Crippen molar-refractivity contribution in [3.05, 3.63) is 40.6 Å². The van der Waals surface area contributed by atoms with Crippen LogP contribution in [0.4, 0.5) is 5.69 Å². The zero-order valence-electron chi connectivity index (χ0n) is 9.00. The maximum absolute atomic E-state index is 9.00. The van der Waals surface area contributed by atoms with Gasteiger partial charge in [0.15, 0.2) is 0 Å². The van der Waals surface area contributed by atoms with E-state index >= 15 is 0 Å². The lowest BCUT2D eigenvalue weighted by Gasteiger charge is -2.08. The lowest BCUT2D eigenvalue weighted by atomic mass is 10.2. The minimum absolute atomic E-state index is 0.524. The Labute approximate surface area is 104 Å². The number of nitrogens with zero attached hydrogens (tertiary/aromatic N) is 2. The quantitative estimate of drug-likeness (QED) is 0.854. The molecule has 0 aromatic heterocycles. The number of hydrogen-bond acceptors (Lipinski definition) is 3. The van der Waals surface area contributed by atoms with E-state index in [2.05, 4.69) is 38.9 Å². The van der Waals surface area contributed by atoms with E-state index in [1.165, 1.54) is 0 Å². The fourth-order valence-corrected chi connectivity index (χ4v) is 1.59. The van der Waals surface area contributed by atoms with Crippen LogP contribution in [0.5, 0.6) is 0 Å². The molecule has 0 unspecified atom stereocenters. The van der Waals surface area contributed by atoms with Gasteiger partial charge in [-0.3, -0.25) is 0 Å². The normalized spacial score (nSPS) is 10.1. The summed E-state index contributed by atoms with van der Waals surface area (Å²) in [5, 5.41) is 12.0. The Morgan fingerprint density at radius 1 is 1.69 bits per heavy atom. The summed E-state index contributed by atoms with van der Waals surface area (Å²) in [6.45, 7) is 5.76. The molecule has 0 aliphatic rings. The predicted octanol–water partition coefficient (Wildman–Crippen LogP) is 3.68. The largest absolute Gasteiger partial charge is 0.340 e. The highest BCUT2D eigenvalue weighted by Crippen LogP contribution is 2.24. The molecule has 0 spiro atoms. The number of nitriles is 1. The van der Waals surface area contributed by atoms with E-state index in [1.807, 2.05) is 25.1 Å². The number of hydrogen-bond donors (Lipinski definition) is 1. The van der Waals surface area contributed by atoms with E-state index in [1.54, 1.807) is 6.21 Å². The molecule has 3 nitrogen and oxygen atoms in total. The van der Waals surface area contributed by atoms with Crippen molar-refractivity contribution in [1.29, 1.82) is 5.26 Å². The first-order chi connectivity index (χ1) is 7.69. The first kappa shape index (κ1) is 12.5. The number of rotatable bonds is 4. The van der Waals surface area contributed by atoms with Gasteiger partial charge in [-0.25, -0.2) is 4.99 Å². The van der Waals surface area contributed by atoms with Crippen LogP contribution in [-0.2, 0) is 0 Å². The zero-order chi connectivity index (χ0) is 12.0. The molecule has 0 bridgehead atoms. The lowest BCUT2D eigenvalue weighted by molar-refractivity contribution is 1.26. The molecule has 16 heavy (non-hydrogen) atoms. The average Bonchev–Trinajstić information content (AvgIpc) is 2.27. The summed E-state index contributed by atoms with van der Waals surface area (Å²) in [5.41, 5.74) is 1.26. The third-order valence-electron chi connectivity index (χ3n) is 1.83. The van der Waals surface area contributed by atoms with E-state index in [0.717, 1.165) is 10.9 Å². The third-order valence-corrected chi connectivity index (χ3v) is 2.49. The Kier molecular flexibility index (Phi) is 4.74. The van der Waals surface area contributed by atoms with Crippen LogP contribution in [0.1, 0.15) is 18.9 Å². The van der Waals surface area contributed by atoms with E-state index in [-0.39, 0.29) is 0 Å². The lowest BCUT2D eigenvalue weighted by Crippen LogP contribution is -1.98. The van der Waals surface area contributed by atoms with Crippen molar-refractivity contribution in [2.75, 3.05) is 5.32 Å². The molecule has 0 aliphatic heterocycles. The molecule has 1 N–H and O–H groups in total. The van der Waals surface area contributed by atoms with Crippen molar-refractivity contribution >= 4 is 27.8 Å². The Morgan fingerprint density at radius 3 is 3.06 bits per heavy atom. The summed E-state index contributed by atoms with van der Waals surface area (Å²) in [4.78, 5) is 4.09. The molecule has 0 heterocycles. The topological polar surface area (TPSA) is 48.2 Å². The molecular formula is C12H12BrN3. The first-order valence-electron chi connectivity index (χ1n) is 4.86. The second kappa shape index (κ2) is 6.09. The molecule has 1 aromatic carbocycles. The fraction of sp³-hybridized carbons (Fsp3) is 0.167. The summed E-state index contributed by atoms with van der Waals surface area (Å²) < 4.78 is 0.757. The van der Waals surface area contributed by atoms with Gasteiger partial charge in [-0.05, 0) is 34.5 Å². The molecule has 82 valence electrons. The van der Waals surface area contributed by atoms with Gasteiger partial charge in [0.1, 0.15) is 11.9 Å². The number of nitrogens with one attached hydrogen (secondary N) is 1. The third kappa shape index (κ3) is 3.21. The predicted molar refractivity (Wildman–Crippen MR) is 70.4 cm³/mol. The van der Waals surface area contributed by atoms with Crippen molar-refractivity contribution in [1.82, 2.24) is 0 Å². The van der Waals surface area contributed by atoms with Crippen molar-refractivity contribution in [3.63, 3.8) is 0 Å². The first-order valence-corrected chi connectivity index (χ1v) is 5.65. The molecule has 0 radical (unpaired) electrons. The summed E-state index contributed by atoms with van der Waals surface area (Å²) in [6, 6.07) is 7.61. The van der Waals surface area contributed by atoms with Crippen LogP contribution in [-0.4, -0.2) is 6.21 Å². The molecule has 1 rings (SSSR count). The molecule has 0 saturated carbocycles. The highest BCUT2D eigenvalue weighted by atomic mass is 79.9. The van der Waals surface area contributed by atoms with Crippen molar-refractivity contribution in [3.8, 4) is 6.07 Å². The molecule has 0 saturated heterocycles. The Bertz CT molecular complexity index is 458. The van der Waals surface area contributed by atoms with E-state index in [9.17, 15) is 0 Å². The number of benzene rings is 1. The zero-order valence-corrected chi connectivity index (χ0v) is 10.6. The maximum Gasteiger partial charge on any atom is 0.122 e. The number of anilines is 1. The van der Waals surface area contributed by atoms with E-state index in [0.29, 0.717) is 17.1 Å². The van der Waals surface area contributed by atoms with E-state index < -0.39 is 0 Å². The average molecular weight is 278 g/mol. The monoisotopic (exact) mass is 277 g/mol. The van der Waals surface area contributed by atoms with Crippen molar-refractivity contribution < 1.29 is 0 Å². The fourth-order valence-electron chi connectivity index (χ4n) is 1.13. The maximum atomic E-state index is 9.00. The van der Waals surface area contributed by atoms with Gasteiger partial charge in [0.05, 0.1) is 11.3 Å². The highest BCUT2D eigenvalue weighted by molar-refractivity contribution is 9.10. The molecule has 1 aromatic rings. The van der Waals surface area contributed by atoms with Crippen LogP contribution in [0.3, 0.4) is 0 Å². The van der Waals surface area contributed by atoms with Gasteiger partial charge in [-0.1, -0.05) is 19.6 Å². The van der Waals surface area contributed by atoms with Gasteiger partial charge >= 0.3 is 0 Å². The van der Waals surface area contributed by atoms with Crippen molar-refractivity contribution in [2.45, 2.75) is 13.3 Å². The van der Waals surface area contributed by atoms with Crippen LogP contribution in [0, 0.1) is 11.3 Å². The molecule has 0 atom stereocenters. The van der Waals surface area contributed by atoms with Gasteiger partial charge in [-0.2, -0.15) is 5.26 Å². The molecule has 0 aliphatic carbocycles. The Morgan fingerprint density at radius 2 is 2.44 bits per heavy atom. The second-order valence-corrected chi connectivity index (χ2v) is 3.92. The Hall–Kier alpha value is -1.60. The molecule has 4 heteroatoms. The summed E-state index contributed by atoms with van der Waals surface area (Å²) in [5.74, 6) is 0.524. The molecule has 0 fully saturated rings. The van der Waals surface area contributed by atoms with Crippen molar-refractivity contribution in [2.24, 2.45) is 4.99 Å².